The molecule has 1 fully saturated rings. The van der Waals surface area contributed by atoms with E-state index < -0.39 is 10.0 Å². The average molecular weight is 372 g/mol. The fourth-order valence-corrected chi connectivity index (χ4v) is 4.62. The van der Waals surface area contributed by atoms with Crippen molar-refractivity contribution in [2.24, 2.45) is 0 Å². The van der Waals surface area contributed by atoms with Crippen LogP contribution in [0.2, 0.25) is 0 Å². The maximum absolute atomic E-state index is 12.7. The lowest BCUT2D eigenvalue weighted by molar-refractivity contribution is 0.0993. The number of benzene rings is 2. The Morgan fingerprint density at radius 2 is 1.69 bits per heavy atom. The number of hydrogen-bond donors (Lipinski definition) is 1. The van der Waals surface area contributed by atoms with Crippen molar-refractivity contribution in [2.45, 2.75) is 43.0 Å². The van der Waals surface area contributed by atoms with Crippen LogP contribution in [0.4, 0.5) is 5.69 Å². The molecule has 0 unspecified atom stereocenters. The average Bonchev–Trinajstić information content (AvgIpc) is 2.68. The Hall–Kier alpha value is -2.18. The molecular weight excluding hydrogens is 348 g/mol. The van der Waals surface area contributed by atoms with Gasteiger partial charge in [-0.05, 0) is 43.2 Å². The number of hydrogen-bond acceptors (Lipinski definition) is 3. The third-order valence-electron chi connectivity index (χ3n) is 4.77. The molecule has 3 rings (SSSR count). The van der Waals surface area contributed by atoms with E-state index in [2.05, 4.69) is 4.72 Å². The molecule has 2 aromatic carbocycles. The lowest BCUT2D eigenvalue weighted by Crippen LogP contribution is -2.36. The Labute approximate surface area is 155 Å². The monoisotopic (exact) mass is 372 g/mol. The van der Waals surface area contributed by atoms with Gasteiger partial charge in [-0.25, -0.2) is 13.1 Å². The standard InChI is InChI=1S/C20H24N2O3S/c1-22(18-12-6-3-7-13-18)20(23)16-9-8-14-19(15-16)26(24,25)21-17-10-4-2-5-11-17/h3,6-9,12-15,17,21H,2,4-5,10-11H2,1H3. The Kier molecular flexibility index (Phi) is 5.74. The van der Waals surface area contributed by atoms with Crippen LogP contribution in [-0.2, 0) is 10.0 Å². The highest BCUT2D eigenvalue weighted by Crippen LogP contribution is 2.21. The molecule has 1 saturated carbocycles. The van der Waals surface area contributed by atoms with Gasteiger partial charge in [0.1, 0.15) is 0 Å². The number of anilines is 1. The second kappa shape index (κ2) is 8.01. The summed E-state index contributed by atoms with van der Waals surface area (Å²) in [6.07, 6.45) is 5.00. The Morgan fingerprint density at radius 1 is 1.00 bits per heavy atom. The second-order valence-electron chi connectivity index (χ2n) is 6.68. The summed E-state index contributed by atoms with van der Waals surface area (Å²) in [4.78, 5) is 14.4. The van der Waals surface area contributed by atoms with E-state index >= 15 is 0 Å². The van der Waals surface area contributed by atoms with Crippen molar-refractivity contribution in [1.82, 2.24) is 4.72 Å². The van der Waals surface area contributed by atoms with Crippen molar-refractivity contribution in [1.29, 1.82) is 0 Å². The molecule has 1 N–H and O–H groups in total. The van der Waals surface area contributed by atoms with E-state index in [1.165, 1.54) is 17.0 Å². The van der Waals surface area contributed by atoms with Gasteiger partial charge in [-0.2, -0.15) is 0 Å². The van der Waals surface area contributed by atoms with Gasteiger partial charge < -0.3 is 4.90 Å². The third-order valence-corrected chi connectivity index (χ3v) is 6.28. The molecular formula is C20H24N2O3S. The maximum Gasteiger partial charge on any atom is 0.258 e. The van der Waals surface area contributed by atoms with Crippen LogP contribution < -0.4 is 9.62 Å². The first-order valence-corrected chi connectivity index (χ1v) is 10.4. The fraction of sp³-hybridized carbons (Fsp3) is 0.350. The zero-order valence-electron chi connectivity index (χ0n) is 14.9. The molecule has 1 aliphatic rings. The minimum absolute atomic E-state index is 0.0138. The van der Waals surface area contributed by atoms with E-state index in [0.29, 0.717) is 5.56 Å². The molecule has 0 radical (unpaired) electrons. The number of nitrogens with zero attached hydrogens (tertiary/aromatic N) is 1. The van der Waals surface area contributed by atoms with Crippen LogP contribution in [0.15, 0.2) is 59.5 Å². The topological polar surface area (TPSA) is 66.5 Å². The number of nitrogens with one attached hydrogen (secondary N) is 1. The van der Waals surface area contributed by atoms with Gasteiger partial charge in [-0.3, -0.25) is 4.79 Å². The van der Waals surface area contributed by atoms with Gasteiger partial charge in [-0.15, -0.1) is 0 Å². The van der Waals surface area contributed by atoms with Crippen LogP contribution in [0.25, 0.3) is 0 Å². The number of para-hydroxylation sites is 1. The van der Waals surface area contributed by atoms with Crippen molar-refractivity contribution in [3.05, 3.63) is 60.2 Å². The van der Waals surface area contributed by atoms with Crippen LogP contribution in [0, 0.1) is 0 Å². The number of rotatable bonds is 5. The van der Waals surface area contributed by atoms with Crippen LogP contribution in [0.3, 0.4) is 0 Å². The molecule has 2 aromatic rings. The SMILES string of the molecule is CN(C(=O)c1cccc(S(=O)(=O)NC2CCCCC2)c1)c1ccccc1. The van der Waals surface area contributed by atoms with Gasteiger partial charge in [0.25, 0.3) is 5.91 Å². The van der Waals surface area contributed by atoms with Crippen molar-refractivity contribution in [3.63, 3.8) is 0 Å². The molecule has 138 valence electrons. The molecule has 0 aliphatic heterocycles. The van der Waals surface area contributed by atoms with Crippen molar-refractivity contribution in [3.8, 4) is 0 Å². The van der Waals surface area contributed by atoms with E-state index in [9.17, 15) is 13.2 Å². The summed E-state index contributed by atoms with van der Waals surface area (Å²) in [6, 6.07) is 15.5. The highest BCUT2D eigenvalue weighted by molar-refractivity contribution is 7.89. The van der Waals surface area contributed by atoms with E-state index in [1.807, 2.05) is 30.3 Å². The summed E-state index contributed by atoms with van der Waals surface area (Å²) < 4.78 is 28.1. The number of amides is 1. The normalized spacial score (nSPS) is 15.6. The smallest absolute Gasteiger partial charge is 0.258 e. The highest BCUT2D eigenvalue weighted by Gasteiger charge is 2.23. The van der Waals surface area contributed by atoms with Crippen LogP contribution in [0.5, 0.6) is 0 Å². The zero-order chi connectivity index (χ0) is 18.6. The first-order chi connectivity index (χ1) is 12.5. The van der Waals surface area contributed by atoms with E-state index in [4.69, 9.17) is 0 Å². The molecule has 1 aliphatic carbocycles. The summed E-state index contributed by atoms with van der Waals surface area (Å²) in [5, 5.41) is 0. The van der Waals surface area contributed by atoms with Gasteiger partial charge in [-0.1, -0.05) is 43.5 Å². The van der Waals surface area contributed by atoms with Crippen LogP contribution in [-0.4, -0.2) is 27.4 Å². The summed E-state index contributed by atoms with van der Waals surface area (Å²) >= 11 is 0. The van der Waals surface area contributed by atoms with Crippen LogP contribution in [0.1, 0.15) is 42.5 Å². The fourth-order valence-electron chi connectivity index (χ4n) is 3.27. The lowest BCUT2D eigenvalue weighted by Gasteiger charge is -2.23. The molecule has 0 spiro atoms. The van der Waals surface area contributed by atoms with E-state index in [0.717, 1.165) is 37.8 Å². The molecule has 5 nitrogen and oxygen atoms in total. The predicted molar refractivity (Wildman–Crippen MR) is 103 cm³/mol. The zero-order valence-corrected chi connectivity index (χ0v) is 15.7. The molecule has 1 amide bonds. The van der Waals surface area contributed by atoms with Crippen molar-refractivity contribution < 1.29 is 13.2 Å². The van der Waals surface area contributed by atoms with Gasteiger partial charge in [0.2, 0.25) is 10.0 Å². The molecule has 0 heterocycles. The Bertz CT molecular complexity index is 860. The summed E-state index contributed by atoms with van der Waals surface area (Å²) in [6.45, 7) is 0. The Morgan fingerprint density at radius 3 is 2.38 bits per heavy atom. The largest absolute Gasteiger partial charge is 0.311 e. The van der Waals surface area contributed by atoms with Gasteiger partial charge in [0.05, 0.1) is 4.90 Å². The highest BCUT2D eigenvalue weighted by atomic mass is 32.2. The minimum Gasteiger partial charge on any atom is -0.311 e. The minimum atomic E-state index is -3.63. The van der Waals surface area contributed by atoms with Crippen molar-refractivity contribution in [2.75, 3.05) is 11.9 Å². The molecule has 0 aromatic heterocycles. The first-order valence-electron chi connectivity index (χ1n) is 8.93. The van der Waals surface area contributed by atoms with E-state index in [1.54, 1.807) is 19.2 Å². The third kappa shape index (κ3) is 4.31. The second-order valence-corrected chi connectivity index (χ2v) is 8.40. The summed E-state index contributed by atoms with van der Waals surface area (Å²) in [7, 11) is -1.95. The molecule has 0 saturated heterocycles. The van der Waals surface area contributed by atoms with Crippen molar-refractivity contribution >= 4 is 21.6 Å². The summed E-state index contributed by atoms with van der Waals surface area (Å²) in [5.74, 6) is -0.245. The Balaban J connectivity index is 1.80. The lowest BCUT2D eigenvalue weighted by atomic mass is 9.96. The van der Waals surface area contributed by atoms with Gasteiger partial charge >= 0.3 is 0 Å². The molecule has 26 heavy (non-hydrogen) atoms. The quantitative estimate of drug-likeness (QED) is 0.872. The molecule has 0 atom stereocenters. The van der Waals surface area contributed by atoms with Gasteiger partial charge in [0, 0.05) is 24.3 Å². The predicted octanol–water partition coefficient (Wildman–Crippen LogP) is 3.57. The number of carbonyl (C=O) groups is 1. The van der Waals surface area contributed by atoms with Crippen LogP contribution >= 0.6 is 0 Å². The van der Waals surface area contributed by atoms with Gasteiger partial charge in [0.15, 0.2) is 0 Å². The first kappa shape index (κ1) is 18.6. The number of sulfonamides is 1. The molecule has 6 heteroatoms. The van der Waals surface area contributed by atoms with E-state index in [-0.39, 0.29) is 16.8 Å². The maximum atomic E-state index is 12.7. The summed E-state index contributed by atoms with van der Waals surface area (Å²) in [5.41, 5.74) is 1.11. The molecule has 0 bridgehead atoms. The number of carbonyl (C=O) groups excluding carboxylic acids is 1.